The Labute approximate surface area is 96.1 Å². The zero-order valence-corrected chi connectivity index (χ0v) is 9.85. The van der Waals surface area contributed by atoms with Crippen LogP contribution in [0.2, 0.25) is 0 Å². The highest BCUT2D eigenvalue weighted by atomic mass is 19.1. The zero-order valence-electron chi connectivity index (χ0n) is 9.85. The van der Waals surface area contributed by atoms with Crippen molar-refractivity contribution in [1.82, 2.24) is 5.32 Å². The summed E-state index contributed by atoms with van der Waals surface area (Å²) in [5.74, 6) is 0.310. The average molecular weight is 223 g/mol. The van der Waals surface area contributed by atoms with Gasteiger partial charge in [0.15, 0.2) is 0 Å². The SMILES string of the molecule is C=C(C)CCOc1cc(F)cc(CNC)c1. The van der Waals surface area contributed by atoms with E-state index in [0.29, 0.717) is 18.9 Å². The molecule has 0 fully saturated rings. The van der Waals surface area contributed by atoms with Crippen molar-refractivity contribution in [2.24, 2.45) is 0 Å². The third-order valence-electron chi connectivity index (χ3n) is 2.11. The van der Waals surface area contributed by atoms with Crippen molar-refractivity contribution >= 4 is 0 Å². The molecule has 0 heterocycles. The fourth-order valence-electron chi connectivity index (χ4n) is 1.35. The second kappa shape index (κ2) is 6.28. The summed E-state index contributed by atoms with van der Waals surface area (Å²) in [5, 5.41) is 2.98. The Morgan fingerprint density at radius 3 is 2.81 bits per heavy atom. The fourth-order valence-corrected chi connectivity index (χ4v) is 1.35. The van der Waals surface area contributed by atoms with Crippen molar-refractivity contribution < 1.29 is 9.13 Å². The number of benzene rings is 1. The number of hydrogen-bond acceptors (Lipinski definition) is 2. The van der Waals surface area contributed by atoms with Crippen molar-refractivity contribution in [2.75, 3.05) is 13.7 Å². The lowest BCUT2D eigenvalue weighted by atomic mass is 10.2. The van der Waals surface area contributed by atoms with E-state index in [1.165, 1.54) is 12.1 Å². The average Bonchev–Trinajstić information content (AvgIpc) is 2.16. The molecule has 88 valence electrons. The quantitative estimate of drug-likeness (QED) is 0.749. The Balaban J connectivity index is 2.61. The molecule has 0 aliphatic carbocycles. The molecule has 0 aliphatic heterocycles. The highest BCUT2D eigenvalue weighted by molar-refractivity contribution is 5.29. The summed E-state index contributed by atoms with van der Waals surface area (Å²) in [4.78, 5) is 0. The van der Waals surface area contributed by atoms with Crippen LogP contribution in [0.15, 0.2) is 30.4 Å². The molecule has 1 aromatic carbocycles. The molecule has 0 atom stereocenters. The van der Waals surface area contributed by atoms with E-state index < -0.39 is 0 Å². The minimum atomic E-state index is -0.266. The van der Waals surface area contributed by atoms with Gasteiger partial charge in [-0.25, -0.2) is 4.39 Å². The van der Waals surface area contributed by atoms with E-state index in [4.69, 9.17) is 4.74 Å². The van der Waals surface area contributed by atoms with E-state index in [1.807, 2.05) is 20.0 Å². The Hall–Kier alpha value is -1.35. The number of rotatable bonds is 6. The molecule has 0 aliphatic rings. The second-order valence-corrected chi connectivity index (χ2v) is 3.88. The summed E-state index contributed by atoms with van der Waals surface area (Å²) in [6.45, 7) is 6.91. The number of halogens is 1. The predicted molar refractivity (Wildman–Crippen MR) is 64.1 cm³/mol. The van der Waals surface area contributed by atoms with Gasteiger partial charge in [-0.2, -0.15) is 0 Å². The molecule has 0 saturated heterocycles. The van der Waals surface area contributed by atoms with Crippen LogP contribution in [0, 0.1) is 5.82 Å². The number of nitrogens with one attached hydrogen (secondary N) is 1. The summed E-state index contributed by atoms with van der Waals surface area (Å²) >= 11 is 0. The van der Waals surface area contributed by atoms with Gasteiger partial charge in [-0.1, -0.05) is 5.57 Å². The molecule has 0 radical (unpaired) electrons. The number of hydrogen-bond donors (Lipinski definition) is 1. The first-order valence-corrected chi connectivity index (χ1v) is 5.33. The minimum Gasteiger partial charge on any atom is -0.493 e. The zero-order chi connectivity index (χ0) is 12.0. The third kappa shape index (κ3) is 4.45. The summed E-state index contributed by atoms with van der Waals surface area (Å²) in [7, 11) is 1.83. The largest absolute Gasteiger partial charge is 0.493 e. The van der Waals surface area contributed by atoms with Gasteiger partial charge in [0.05, 0.1) is 6.61 Å². The van der Waals surface area contributed by atoms with E-state index in [1.54, 1.807) is 0 Å². The van der Waals surface area contributed by atoms with Gasteiger partial charge in [-0.3, -0.25) is 0 Å². The highest BCUT2D eigenvalue weighted by Crippen LogP contribution is 2.17. The fraction of sp³-hybridized carbons (Fsp3) is 0.385. The lowest BCUT2D eigenvalue weighted by Gasteiger charge is -2.08. The first-order chi connectivity index (χ1) is 7.61. The van der Waals surface area contributed by atoms with Crippen LogP contribution in [-0.4, -0.2) is 13.7 Å². The van der Waals surface area contributed by atoms with Gasteiger partial charge < -0.3 is 10.1 Å². The summed E-state index contributed by atoms with van der Waals surface area (Å²) in [6.07, 6.45) is 0.790. The van der Waals surface area contributed by atoms with Gasteiger partial charge in [0, 0.05) is 19.0 Å². The number of ether oxygens (including phenoxy) is 1. The van der Waals surface area contributed by atoms with Crippen LogP contribution in [-0.2, 0) is 6.54 Å². The Morgan fingerprint density at radius 2 is 2.19 bits per heavy atom. The molecule has 1 aromatic rings. The van der Waals surface area contributed by atoms with Gasteiger partial charge in [0.2, 0.25) is 0 Å². The van der Waals surface area contributed by atoms with Crippen LogP contribution in [0.4, 0.5) is 4.39 Å². The smallest absolute Gasteiger partial charge is 0.127 e. The predicted octanol–water partition coefficient (Wildman–Crippen LogP) is 2.89. The van der Waals surface area contributed by atoms with Gasteiger partial charge in [0.25, 0.3) is 0 Å². The maximum Gasteiger partial charge on any atom is 0.127 e. The van der Waals surface area contributed by atoms with Gasteiger partial charge >= 0.3 is 0 Å². The van der Waals surface area contributed by atoms with Crippen LogP contribution in [0.5, 0.6) is 5.75 Å². The van der Waals surface area contributed by atoms with E-state index in [0.717, 1.165) is 17.6 Å². The van der Waals surface area contributed by atoms with Crippen molar-refractivity contribution in [2.45, 2.75) is 19.9 Å². The Morgan fingerprint density at radius 1 is 1.44 bits per heavy atom. The normalized spacial score (nSPS) is 10.2. The highest BCUT2D eigenvalue weighted by Gasteiger charge is 2.01. The first-order valence-electron chi connectivity index (χ1n) is 5.33. The molecule has 0 bridgehead atoms. The van der Waals surface area contributed by atoms with Crippen LogP contribution >= 0.6 is 0 Å². The van der Waals surface area contributed by atoms with Gasteiger partial charge in [-0.05, 0) is 31.7 Å². The molecule has 1 N–H and O–H groups in total. The van der Waals surface area contributed by atoms with E-state index >= 15 is 0 Å². The van der Waals surface area contributed by atoms with Crippen molar-refractivity contribution in [3.63, 3.8) is 0 Å². The molecule has 0 saturated carbocycles. The third-order valence-corrected chi connectivity index (χ3v) is 2.11. The Bertz CT molecular complexity index is 363. The molecular weight excluding hydrogens is 205 g/mol. The van der Waals surface area contributed by atoms with Crippen molar-refractivity contribution in [3.05, 3.63) is 41.7 Å². The summed E-state index contributed by atoms with van der Waals surface area (Å²) in [5.41, 5.74) is 1.94. The van der Waals surface area contributed by atoms with Gasteiger partial charge in [-0.15, -0.1) is 6.58 Å². The van der Waals surface area contributed by atoms with Crippen LogP contribution in [0.3, 0.4) is 0 Å². The molecule has 0 amide bonds. The van der Waals surface area contributed by atoms with Crippen LogP contribution in [0.1, 0.15) is 18.9 Å². The molecule has 0 spiro atoms. The van der Waals surface area contributed by atoms with Crippen molar-refractivity contribution in [3.8, 4) is 5.75 Å². The minimum absolute atomic E-state index is 0.266. The monoisotopic (exact) mass is 223 g/mol. The van der Waals surface area contributed by atoms with E-state index in [2.05, 4.69) is 11.9 Å². The van der Waals surface area contributed by atoms with Gasteiger partial charge in [0.1, 0.15) is 11.6 Å². The lowest BCUT2D eigenvalue weighted by Crippen LogP contribution is -2.06. The maximum atomic E-state index is 13.2. The second-order valence-electron chi connectivity index (χ2n) is 3.88. The topological polar surface area (TPSA) is 21.3 Å². The van der Waals surface area contributed by atoms with Crippen LogP contribution < -0.4 is 10.1 Å². The molecule has 0 unspecified atom stereocenters. The molecule has 2 nitrogen and oxygen atoms in total. The van der Waals surface area contributed by atoms with E-state index in [-0.39, 0.29) is 5.82 Å². The summed E-state index contributed by atoms with van der Waals surface area (Å²) in [6, 6.07) is 4.75. The van der Waals surface area contributed by atoms with E-state index in [9.17, 15) is 4.39 Å². The molecule has 3 heteroatoms. The molecule has 16 heavy (non-hydrogen) atoms. The Kier molecular flexibility index (Phi) is 4.99. The lowest BCUT2D eigenvalue weighted by molar-refractivity contribution is 0.319. The molecule has 1 rings (SSSR count). The summed E-state index contributed by atoms with van der Waals surface area (Å²) < 4.78 is 18.7. The molecular formula is C13H18FNO. The van der Waals surface area contributed by atoms with Crippen LogP contribution in [0.25, 0.3) is 0 Å². The molecule has 0 aromatic heterocycles. The standard InChI is InChI=1S/C13H18FNO/c1-10(2)4-5-16-13-7-11(9-15-3)6-12(14)8-13/h6-8,15H,1,4-5,9H2,2-3H3. The van der Waals surface area contributed by atoms with Crippen molar-refractivity contribution in [1.29, 1.82) is 0 Å². The maximum absolute atomic E-state index is 13.2. The first kappa shape index (κ1) is 12.7.